The molecule has 3 nitrogen and oxygen atoms in total. The molecule has 132 valence electrons. The maximum absolute atomic E-state index is 12.7. The van der Waals surface area contributed by atoms with Crippen LogP contribution in [0.2, 0.25) is 0 Å². The largest absolute Gasteiger partial charge is 0.381 e. The molecule has 0 atom stereocenters. The second kappa shape index (κ2) is 7.87. The lowest BCUT2D eigenvalue weighted by atomic mass is 9.72. The number of hydrogen-bond donors (Lipinski definition) is 1. The van der Waals surface area contributed by atoms with Crippen molar-refractivity contribution in [2.75, 3.05) is 19.8 Å². The van der Waals surface area contributed by atoms with Gasteiger partial charge < -0.3 is 10.1 Å². The van der Waals surface area contributed by atoms with Crippen molar-refractivity contribution < 1.29 is 9.53 Å². The van der Waals surface area contributed by atoms with E-state index in [0.717, 1.165) is 35.2 Å². The molecule has 1 N–H and O–H groups in total. The second-order valence-electron chi connectivity index (χ2n) is 6.87. The fourth-order valence-electron chi connectivity index (χ4n) is 3.62. The van der Waals surface area contributed by atoms with E-state index in [1.807, 2.05) is 25.1 Å². The van der Waals surface area contributed by atoms with Gasteiger partial charge in [0.15, 0.2) is 0 Å². The van der Waals surface area contributed by atoms with Crippen LogP contribution in [0.1, 0.15) is 39.9 Å². The first-order valence-electron chi connectivity index (χ1n) is 8.70. The topological polar surface area (TPSA) is 38.3 Å². The summed E-state index contributed by atoms with van der Waals surface area (Å²) in [6.07, 6.45) is 1.87. The zero-order valence-corrected chi connectivity index (χ0v) is 16.9. The van der Waals surface area contributed by atoms with Crippen LogP contribution in [0.15, 0.2) is 42.5 Å². The molecular formula is C21H24INO2. The lowest BCUT2D eigenvalue weighted by molar-refractivity contribution is 0.0485. The molecule has 1 aliphatic rings. The molecular weight excluding hydrogens is 425 g/mol. The molecule has 0 radical (unpaired) electrons. The molecule has 0 aromatic heterocycles. The summed E-state index contributed by atoms with van der Waals surface area (Å²) in [6, 6.07) is 14.4. The van der Waals surface area contributed by atoms with Gasteiger partial charge >= 0.3 is 0 Å². The van der Waals surface area contributed by atoms with E-state index in [9.17, 15) is 4.79 Å². The highest BCUT2D eigenvalue weighted by molar-refractivity contribution is 14.1. The maximum Gasteiger partial charge on any atom is 0.252 e. The van der Waals surface area contributed by atoms with Crippen molar-refractivity contribution in [1.29, 1.82) is 0 Å². The van der Waals surface area contributed by atoms with Gasteiger partial charge in [0.2, 0.25) is 0 Å². The van der Waals surface area contributed by atoms with E-state index in [4.69, 9.17) is 4.74 Å². The summed E-state index contributed by atoms with van der Waals surface area (Å²) in [5.74, 6) is 0.00357. The molecule has 0 spiro atoms. The molecule has 0 saturated carbocycles. The highest BCUT2D eigenvalue weighted by atomic mass is 127. The first-order valence-corrected chi connectivity index (χ1v) is 9.78. The molecule has 1 aliphatic heterocycles. The quantitative estimate of drug-likeness (QED) is 0.704. The number of aryl methyl sites for hydroxylation is 2. The molecule has 1 amide bonds. The minimum Gasteiger partial charge on any atom is -0.381 e. The van der Waals surface area contributed by atoms with Crippen molar-refractivity contribution in [2.45, 2.75) is 32.1 Å². The van der Waals surface area contributed by atoms with Gasteiger partial charge in [-0.15, -0.1) is 0 Å². The van der Waals surface area contributed by atoms with Gasteiger partial charge in [0.05, 0.1) is 5.56 Å². The van der Waals surface area contributed by atoms with Crippen LogP contribution in [-0.4, -0.2) is 25.7 Å². The molecule has 2 aromatic carbocycles. The summed E-state index contributed by atoms with van der Waals surface area (Å²) < 4.78 is 6.59. The lowest BCUT2D eigenvalue weighted by Gasteiger charge is -2.39. The summed E-state index contributed by atoms with van der Waals surface area (Å²) in [4.78, 5) is 12.7. The van der Waals surface area contributed by atoms with Crippen LogP contribution in [0, 0.1) is 17.4 Å². The molecule has 1 fully saturated rings. The third-order valence-corrected chi connectivity index (χ3v) is 6.02. The van der Waals surface area contributed by atoms with Gasteiger partial charge in [-0.2, -0.15) is 0 Å². The van der Waals surface area contributed by atoms with Gasteiger partial charge in [-0.3, -0.25) is 4.79 Å². The first kappa shape index (κ1) is 18.4. The predicted octanol–water partition coefficient (Wildman–Crippen LogP) is 4.39. The molecule has 1 saturated heterocycles. The van der Waals surface area contributed by atoms with Gasteiger partial charge in [-0.25, -0.2) is 0 Å². The van der Waals surface area contributed by atoms with Crippen LogP contribution in [0.5, 0.6) is 0 Å². The van der Waals surface area contributed by atoms with Crippen LogP contribution < -0.4 is 5.32 Å². The zero-order chi connectivity index (χ0) is 17.9. The van der Waals surface area contributed by atoms with E-state index in [-0.39, 0.29) is 11.3 Å². The highest BCUT2D eigenvalue weighted by Gasteiger charge is 2.36. The van der Waals surface area contributed by atoms with Gasteiger partial charge in [-0.1, -0.05) is 35.9 Å². The van der Waals surface area contributed by atoms with E-state index < -0.39 is 0 Å². The molecule has 0 unspecified atom stereocenters. The van der Waals surface area contributed by atoms with Crippen LogP contribution in [0.4, 0.5) is 0 Å². The van der Waals surface area contributed by atoms with Gasteiger partial charge in [-0.05, 0) is 72.5 Å². The number of halogens is 1. The number of nitrogens with one attached hydrogen (secondary N) is 1. The fourth-order valence-corrected chi connectivity index (χ4v) is 4.54. The van der Waals surface area contributed by atoms with Crippen LogP contribution in [0.25, 0.3) is 0 Å². The molecule has 25 heavy (non-hydrogen) atoms. The summed E-state index contributed by atoms with van der Waals surface area (Å²) in [6.45, 7) is 6.32. The minimum atomic E-state index is -0.0462. The monoisotopic (exact) mass is 449 g/mol. The van der Waals surface area contributed by atoms with Gasteiger partial charge in [0.25, 0.3) is 5.91 Å². The first-order chi connectivity index (χ1) is 12.0. The summed E-state index contributed by atoms with van der Waals surface area (Å²) >= 11 is 2.24. The van der Waals surface area contributed by atoms with Crippen molar-refractivity contribution in [1.82, 2.24) is 5.32 Å². The highest BCUT2D eigenvalue weighted by Crippen LogP contribution is 2.36. The minimum absolute atomic E-state index is 0.00357. The summed E-state index contributed by atoms with van der Waals surface area (Å²) in [5, 5.41) is 3.20. The molecule has 1 heterocycles. The number of carbonyl (C=O) groups excluding carboxylic acids is 1. The molecule has 3 rings (SSSR count). The van der Waals surface area contributed by atoms with Gasteiger partial charge in [0.1, 0.15) is 0 Å². The zero-order valence-electron chi connectivity index (χ0n) is 14.8. The van der Waals surface area contributed by atoms with E-state index in [0.29, 0.717) is 6.54 Å². The Bertz CT molecular complexity index is 766. The van der Waals surface area contributed by atoms with Crippen LogP contribution >= 0.6 is 22.6 Å². The smallest absolute Gasteiger partial charge is 0.252 e. The lowest BCUT2D eigenvalue weighted by Crippen LogP contribution is -2.45. The molecule has 0 bridgehead atoms. The van der Waals surface area contributed by atoms with Crippen LogP contribution in [-0.2, 0) is 10.2 Å². The Morgan fingerprint density at radius 3 is 2.56 bits per heavy atom. The third kappa shape index (κ3) is 4.06. The summed E-state index contributed by atoms with van der Waals surface area (Å²) in [5.41, 5.74) is 4.48. The Morgan fingerprint density at radius 2 is 1.88 bits per heavy atom. The van der Waals surface area contributed by atoms with Crippen molar-refractivity contribution in [3.63, 3.8) is 0 Å². The van der Waals surface area contributed by atoms with E-state index in [2.05, 4.69) is 59.1 Å². The number of ether oxygens (including phenoxy) is 1. The number of amides is 1. The maximum atomic E-state index is 12.7. The predicted molar refractivity (Wildman–Crippen MR) is 109 cm³/mol. The third-order valence-electron chi connectivity index (χ3n) is 5.12. The molecule has 2 aromatic rings. The van der Waals surface area contributed by atoms with Crippen molar-refractivity contribution in [2.24, 2.45) is 0 Å². The Balaban J connectivity index is 1.82. The van der Waals surface area contributed by atoms with Gasteiger partial charge in [0, 0.05) is 28.7 Å². The van der Waals surface area contributed by atoms with Crippen molar-refractivity contribution >= 4 is 28.5 Å². The molecule has 0 aliphatic carbocycles. The van der Waals surface area contributed by atoms with E-state index in [1.54, 1.807) is 0 Å². The standard InChI is InChI=1S/C21H24INO2/c1-15-7-8-17(19(22)13-15)20(24)23-14-21(9-11-25-12-10-21)18-6-4-3-5-16(18)2/h3-8,13H,9-12,14H2,1-2H3,(H,23,24). The Hall–Kier alpha value is -1.40. The SMILES string of the molecule is Cc1ccc(C(=O)NCC2(c3ccccc3C)CCOCC2)c(I)c1. The molecule has 4 heteroatoms. The fraction of sp³-hybridized carbons (Fsp3) is 0.381. The Kier molecular flexibility index (Phi) is 5.79. The van der Waals surface area contributed by atoms with E-state index in [1.165, 1.54) is 16.7 Å². The normalized spacial score (nSPS) is 16.4. The number of rotatable bonds is 4. The van der Waals surface area contributed by atoms with Crippen molar-refractivity contribution in [3.05, 3.63) is 68.3 Å². The average molecular weight is 449 g/mol. The number of benzene rings is 2. The Morgan fingerprint density at radius 1 is 1.16 bits per heavy atom. The van der Waals surface area contributed by atoms with E-state index >= 15 is 0 Å². The number of hydrogen-bond acceptors (Lipinski definition) is 2. The number of carbonyl (C=O) groups is 1. The van der Waals surface area contributed by atoms with Crippen LogP contribution in [0.3, 0.4) is 0 Å². The summed E-state index contributed by atoms with van der Waals surface area (Å²) in [7, 11) is 0. The second-order valence-corrected chi connectivity index (χ2v) is 8.04. The average Bonchev–Trinajstić information content (AvgIpc) is 2.61. The Labute approximate surface area is 163 Å². The van der Waals surface area contributed by atoms with Crippen molar-refractivity contribution in [3.8, 4) is 0 Å².